The lowest BCUT2D eigenvalue weighted by molar-refractivity contribution is -0.141. The van der Waals surface area contributed by atoms with Gasteiger partial charge in [0.25, 0.3) is 0 Å². The second kappa shape index (κ2) is 8.41. The summed E-state index contributed by atoms with van der Waals surface area (Å²) in [6.07, 6.45) is -0.866. The van der Waals surface area contributed by atoms with E-state index in [9.17, 15) is 26.0 Å². The SMILES string of the molecule is CC(C)[C@@H]1CN(c2ccc(F)c(S(C)(=O)=O)c2)CCN1c1ncc(C2CC2)c(C(F)(F)F)n1. The van der Waals surface area contributed by atoms with Crippen molar-refractivity contribution in [2.75, 3.05) is 35.7 Å². The number of hydrogen-bond acceptors (Lipinski definition) is 6. The van der Waals surface area contributed by atoms with Gasteiger partial charge in [-0.1, -0.05) is 13.8 Å². The summed E-state index contributed by atoms with van der Waals surface area (Å²) in [4.78, 5) is 11.6. The van der Waals surface area contributed by atoms with Gasteiger partial charge >= 0.3 is 6.18 Å². The van der Waals surface area contributed by atoms with Crippen molar-refractivity contribution in [2.24, 2.45) is 5.92 Å². The third kappa shape index (κ3) is 4.92. The summed E-state index contributed by atoms with van der Waals surface area (Å²) in [5.41, 5.74) is -0.162. The average molecular weight is 487 g/mol. The number of nitrogens with zero attached hydrogens (tertiary/aromatic N) is 4. The van der Waals surface area contributed by atoms with Gasteiger partial charge in [0, 0.05) is 43.3 Å². The molecule has 6 nitrogen and oxygen atoms in total. The van der Waals surface area contributed by atoms with E-state index in [2.05, 4.69) is 9.97 Å². The molecule has 33 heavy (non-hydrogen) atoms. The van der Waals surface area contributed by atoms with Crippen molar-refractivity contribution in [3.63, 3.8) is 0 Å². The molecule has 1 aliphatic carbocycles. The van der Waals surface area contributed by atoms with Gasteiger partial charge in [-0.2, -0.15) is 13.2 Å². The van der Waals surface area contributed by atoms with Gasteiger partial charge in [0.2, 0.25) is 5.95 Å². The number of piperazine rings is 1. The van der Waals surface area contributed by atoms with Crippen LogP contribution in [0.15, 0.2) is 29.3 Å². The van der Waals surface area contributed by atoms with Crippen LogP contribution in [-0.4, -0.2) is 50.3 Å². The van der Waals surface area contributed by atoms with Gasteiger partial charge in [0.15, 0.2) is 15.5 Å². The topological polar surface area (TPSA) is 66.4 Å². The monoisotopic (exact) mass is 486 g/mol. The maximum absolute atomic E-state index is 14.0. The molecule has 0 amide bonds. The third-order valence-corrected chi connectivity index (χ3v) is 7.33. The van der Waals surface area contributed by atoms with E-state index < -0.39 is 27.5 Å². The summed E-state index contributed by atoms with van der Waals surface area (Å²) >= 11 is 0. The van der Waals surface area contributed by atoms with Gasteiger partial charge in [-0.15, -0.1) is 0 Å². The fourth-order valence-corrected chi connectivity index (χ4v) is 5.03. The quantitative estimate of drug-likeness (QED) is 0.589. The summed E-state index contributed by atoms with van der Waals surface area (Å²) in [5, 5.41) is 0. The van der Waals surface area contributed by atoms with Crippen LogP contribution in [0.1, 0.15) is 43.9 Å². The zero-order valence-corrected chi connectivity index (χ0v) is 19.4. The molecule has 2 fully saturated rings. The van der Waals surface area contributed by atoms with Crippen LogP contribution in [0.4, 0.5) is 29.2 Å². The number of sulfone groups is 1. The van der Waals surface area contributed by atoms with Gasteiger partial charge in [0.1, 0.15) is 10.7 Å². The van der Waals surface area contributed by atoms with Crippen molar-refractivity contribution in [3.8, 4) is 0 Å². The first-order valence-corrected chi connectivity index (χ1v) is 12.7. The number of halogens is 4. The Kier molecular flexibility index (Phi) is 6.05. The molecule has 1 aliphatic heterocycles. The molecule has 11 heteroatoms. The maximum atomic E-state index is 14.0. The number of anilines is 2. The first kappa shape index (κ1) is 23.7. The van der Waals surface area contributed by atoms with E-state index >= 15 is 0 Å². The minimum absolute atomic E-state index is 0.0426. The van der Waals surface area contributed by atoms with E-state index in [1.807, 2.05) is 18.7 Å². The number of alkyl halides is 3. The first-order valence-electron chi connectivity index (χ1n) is 10.8. The van der Waals surface area contributed by atoms with E-state index in [4.69, 9.17) is 0 Å². The van der Waals surface area contributed by atoms with Crippen LogP contribution in [0, 0.1) is 11.7 Å². The highest BCUT2D eigenvalue weighted by Crippen LogP contribution is 2.45. The molecule has 2 aromatic rings. The minimum Gasteiger partial charge on any atom is -0.368 e. The molecule has 0 bridgehead atoms. The van der Waals surface area contributed by atoms with E-state index in [0.29, 0.717) is 38.2 Å². The summed E-state index contributed by atoms with van der Waals surface area (Å²) in [6.45, 7) is 5.05. The van der Waals surface area contributed by atoms with E-state index in [-0.39, 0.29) is 34.3 Å². The lowest BCUT2D eigenvalue weighted by Crippen LogP contribution is -2.56. The molecule has 0 spiro atoms. The maximum Gasteiger partial charge on any atom is 0.433 e. The van der Waals surface area contributed by atoms with E-state index in [1.165, 1.54) is 18.3 Å². The number of rotatable bonds is 5. The summed E-state index contributed by atoms with van der Waals surface area (Å²) in [5.74, 6) is -0.857. The number of aromatic nitrogens is 2. The molecule has 1 atom stereocenters. The number of hydrogen-bond donors (Lipinski definition) is 0. The second-order valence-electron chi connectivity index (χ2n) is 9.08. The van der Waals surface area contributed by atoms with Gasteiger partial charge in [-0.25, -0.2) is 22.8 Å². The Morgan fingerprint density at radius 1 is 1.15 bits per heavy atom. The first-order chi connectivity index (χ1) is 15.4. The molecule has 180 valence electrons. The number of benzene rings is 1. The van der Waals surface area contributed by atoms with Crippen molar-refractivity contribution in [3.05, 3.63) is 41.5 Å². The predicted molar refractivity (Wildman–Crippen MR) is 117 cm³/mol. The molecule has 2 heterocycles. The van der Waals surface area contributed by atoms with Crippen molar-refractivity contribution in [2.45, 2.75) is 49.7 Å². The van der Waals surface area contributed by atoms with Crippen LogP contribution >= 0.6 is 0 Å². The molecular weight excluding hydrogens is 460 g/mol. The Labute approximate surface area is 190 Å². The average Bonchev–Trinajstić information content (AvgIpc) is 3.57. The van der Waals surface area contributed by atoms with Crippen LogP contribution in [0.5, 0.6) is 0 Å². The fourth-order valence-electron chi connectivity index (χ4n) is 4.28. The Morgan fingerprint density at radius 3 is 2.42 bits per heavy atom. The molecule has 0 radical (unpaired) electrons. The minimum atomic E-state index is -4.55. The van der Waals surface area contributed by atoms with Crippen molar-refractivity contribution in [1.82, 2.24) is 9.97 Å². The lowest BCUT2D eigenvalue weighted by Gasteiger charge is -2.44. The Balaban J connectivity index is 1.64. The molecule has 1 saturated carbocycles. The van der Waals surface area contributed by atoms with Crippen molar-refractivity contribution < 1.29 is 26.0 Å². The fraction of sp³-hybridized carbons (Fsp3) is 0.545. The van der Waals surface area contributed by atoms with Crippen LogP contribution in [-0.2, 0) is 16.0 Å². The highest BCUT2D eigenvalue weighted by molar-refractivity contribution is 7.90. The molecule has 0 unspecified atom stereocenters. The van der Waals surface area contributed by atoms with Gasteiger partial charge in [-0.05, 0) is 42.9 Å². The highest BCUT2D eigenvalue weighted by atomic mass is 32.2. The Morgan fingerprint density at radius 2 is 1.85 bits per heavy atom. The smallest absolute Gasteiger partial charge is 0.368 e. The third-order valence-electron chi connectivity index (χ3n) is 6.21. The zero-order chi connectivity index (χ0) is 24.1. The summed E-state index contributed by atoms with van der Waals surface area (Å²) in [6, 6.07) is 3.72. The van der Waals surface area contributed by atoms with Crippen LogP contribution < -0.4 is 9.80 Å². The Bertz CT molecular complexity index is 1150. The summed E-state index contributed by atoms with van der Waals surface area (Å²) < 4.78 is 78.9. The molecule has 2 aliphatic rings. The van der Waals surface area contributed by atoms with Gasteiger partial charge < -0.3 is 9.80 Å². The van der Waals surface area contributed by atoms with Crippen LogP contribution in [0.2, 0.25) is 0 Å². The molecule has 0 N–H and O–H groups in total. The second-order valence-corrected chi connectivity index (χ2v) is 11.1. The largest absolute Gasteiger partial charge is 0.433 e. The molecule has 1 saturated heterocycles. The lowest BCUT2D eigenvalue weighted by atomic mass is 9.99. The van der Waals surface area contributed by atoms with Crippen LogP contribution in [0.3, 0.4) is 0 Å². The standard InChI is InChI=1S/C22H26F4N4O2S/c1-13(2)18-12-29(15-6-7-17(23)19(10-15)33(3,31)32)8-9-30(18)21-27-11-16(14-4-5-14)20(28-21)22(24,25)26/h6-7,10-11,13-14,18H,4-5,8-9,12H2,1-3H3/t18-/m0/s1. The van der Waals surface area contributed by atoms with Crippen LogP contribution in [0.25, 0.3) is 0 Å². The van der Waals surface area contributed by atoms with E-state index in [0.717, 1.165) is 12.3 Å². The van der Waals surface area contributed by atoms with E-state index in [1.54, 1.807) is 4.90 Å². The molecule has 1 aromatic heterocycles. The van der Waals surface area contributed by atoms with Gasteiger partial charge in [-0.3, -0.25) is 0 Å². The molecular formula is C22H26F4N4O2S. The van der Waals surface area contributed by atoms with Gasteiger partial charge in [0.05, 0.1) is 6.04 Å². The molecule has 4 rings (SSSR count). The van der Waals surface area contributed by atoms with Crippen molar-refractivity contribution in [1.29, 1.82) is 0 Å². The summed E-state index contributed by atoms with van der Waals surface area (Å²) in [7, 11) is -3.74. The predicted octanol–water partition coefficient (Wildman–Crippen LogP) is 4.27. The molecule has 1 aromatic carbocycles. The highest BCUT2D eigenvalue weighted by Gasteiger charge is 2.41. The van der Waals surface area contributed by atoms with Crippen molar-refractivity contribution >= 4 is 21.5 Å². The zero-order valence-electron chi connectivity index (χ0n) is 18.6. The Hall–Kier alpha value is -2.43. The normalized spacial score (nSPS) is 19.9.